The summed E-state index contributed by atoms with van der Waals surface area (Å²) in [5.41, 5.74) is 0. The van der Waals surface area contributed by atoms with E-state index in [1.165, 1.54) is 0 Å². The number of carbonyl (C=O) groups is 3. The molecular weight excluding hydrogens is 202 g/mol. The highest BCUT2D eigenvalue weighted by Crippen LogP contribution is 2.19. The highest BCUT2D eigenvalue weighted by molar-refractivity contribution is 6.03. The van der Waals surface area contributed by atoms with Crippen LogP contribution in [-0.2, 0) is 19.1 Å². The lowest BCUT2D eigenvalue weighted by molar-refractivity contribution is -0.156. The van der Waals surface area contributed by atoms with E-state index in [1.54, 1.807) is 0 Å². The number of esters is 1. The highest BCUT2D eigenvalue weighted by atomic mass is 16.5. The number of hydrogen-bond donors (Lipinski definition) is 2. The second kappa shape index (κ2) is 6.00. The monoisotopic (exact) mass is 217 g/mol. The van der Waals surface area contributed by atoms with Crippen molar-refractivity contribution < 1.29 is 24.2 Å². The standard InChI is InChI=1S/C7H9NO5.C2H6/c1-13-7(12)4-3(6(10)11)2-8-5(4)9;1-2/h3-4H,2H2,1H3,(H,8,9)(H,10,11);1-2H3. The van der Waals surface area contributed by atoms with Gasteiger partial charge in [0.25, 0.3) is 0 Å². The van der Waals surface area contributed by atoms with Crippen LogP contribution in [-0.4, -0.2) is 36.6 Å². The number of carboxylic acids is 1. The van der Waals surface area contributed by atoms with Gasteiger partial charge in [0.1, 0.15) is 0 Å². The molecule has 1 aliphatic heterocycles. The van der Waals surface area contributed by atoms with Gasteiger partial charge in [0.15, 0.2) is 5.92 Å². The second-order valence-electron chi connectivity index (χ2n) is 2.69. The Labute approximate surface area is 87.6 Å². The lowest BCUT2D eigenvalue weighted by atomic mass is 9.96. The van der Waals surface area contributed by atoms with Crippen molar-refractivity contribution in [1.82, 2.24) is 5.32 Å². The predicted molar refractivity (Wildman–Crippen MR) is 51.0 cm³/mol. The smallest absolute Gasteiger partial charge is 0.319 e. The summed E-state index contributed by atoms with van der Waals surface area (Å²) >= 11 is 0. The van der Waals surface area contributed by atoms with E-state index >= 15 is 0 Å². The number of ether oxygens (including phenoxy) is 1. The second-order valence-corrected chi connectivity index (χ2v) is 2.69. The van der Waals surface area contributed by atoms with Crippen LogP contribution in [0.15, 0.2) is 0 Å². The maximum absolute atomic E-state index is 11.0. The fourth-order valence-corrected chi connectivity index (χ4v) is 1.25. The van der Waals surface area contributed by atoms with Crippen molar-refractivity contribution in [2.75, 3.05) is 13.7 Å². The SMILES string of the molecule is CC.COC(=O)C1C(=O)NCC1C(=O)O. The molecule has 15 heavy (non-hydrogen) atoms. The molecule has 0 aromatic heterocycles. The average Bonchev–Trinajstić information content (AvgIpc) is 2.62. The van der Waals surface area contributed by atoms with Crippen molar-refractivity contribution in [2.24, 2.45) is 11.8 Å². The van der Waals surface area contributed by atoms with Crippen LogP contribution in [0.4, 0.5) is 0 Å². The summed E-state index contributed by atoms with van der Waals surface area (Å²) in [6.45, 7) is 3.98. The molecule has 1 rings (SSSR count). The Bertz CT molecular complexity index is 263. The molecule has 86 valence electrons. The molecule has 1 amide bonds. The first-order chi connectivity index (χ1) is 7.07. The highest BCUT2D eigenvalue weighted by Gasteiger charge is 2.45. The Hall–Kier alpha value is -1.59. The normalized spacial score (nSPS) is 23.5. The van der Waals surface area contributed by atoms with E-state index in [0.29, 0.717) is 0 Å². The zero-order valence-electron chi connectivity index (χ0n) is 8.94. The lowest BCUT2D eigenvalue weighted by Gasteiger charge is -2.09. The molecular formula is C9H15NO5. The molecule has 0 aliphatic carbocycles. The van der Waals surface area contributed by atoms with E-state index < -0.39 is 29.7 Å². The van der Waals surface area contributed by atoms with Gasteiger partial charge in [-0.1, -0.05) is 13.8 Å². The van der Waals surface area contributed by atoms with E-state index in [4.69, 9.17) is 5.11 Å². The van der Waals surface area contributed by atoms with Crippen LogP contribution in [0.1, 0.15) is 13.8 Å². The molecule has 0 aromatic rings. The van der Waals surface area contributed by atoms with Gasteiger partial charge in [-0.2, -0.15) is 0 Å². The Morgan fingerprint density at radius 2 is 2.00 bits per heavy atom. The van der Waals surface area contributed by atoms with E-state index in [0.717, 1.165) is 7.11 Å². The molecule has 0 spiro atoms. The molecule has 0 saturated carbocycles. The molecule has 1 fully saturated rings. The number of nitrogens with one attached hydrogen (secondary N) is 1. The van der Waals surface area contributed by atoms with Gasteiger partial charge in [-0.3, -0.25) is 14.4 Å². The summed E-state index contributed by atoms with van der Waals surface area (Å²) in [5.74, 6) is -4.78. The minimum absolute atomic E-state index is 0.0199. The van der Waals surface area contributed by atoms with E-state index in [1.807, 2.05) is 13.8 Å². The first-order valence-electron chi connectivity index (χ1n) is 4.66. The summed E-state index contributed by atoms with van der Waals surface area (Å²) in [4.78, 5) is 32.6. The minimum Gasteiger partial charge on any atom is -0.481 e. The number of carboxylic acid groups (broad SMARTS) is 1. The zero-order valence-corrected chi connectivity index (χ0v) is 8.94. The number of aliphatic carboxylic acids is 1. The number of rotatable bonds is 2. The molecule has 2 unspecified atom stereocenters. The quantitative estimate of drug-likeness (QED) is 0.486. The van der Waals surface area contributed by atoms with Gasteiger partial charge in [-0.05, 0) is 0 Å². The lowest BCUT2D eigenvalue weighted by Crippen LogP contribution is -2.32. The number of amides is 1. The first kappa shape index (κ1) is 13.4. The van der Waals surface area contributed by atoms with Crippen molar-refractivity contribution in [3.63, 3.8) is 0 Å². The number of carbonyl (C=O) groups excluding carboxylic acids is 2. The largest absolute Gasteiger partial charge is 0.481 e. The van der Waals surface area contributed by atoms with Crippen molar-refractivity contribution >= 4 is 17.8 Å². The molecule has 0 bridgehead atoms. The third-order valence-electron chi connectivity index (χ3n) is 1.95. The minimum atomic E-state index is -1.21. The number of hydrogen-bond acceptors (Lipinski definition) is 4. The fourth-order valence-electron chi connectivity index (χ4n) is 1.25. The van der Waals surface area contributed by atoms with Gasteiger partial charge in [0.2, 0.25) is 5.91 Å². The summed E-state index contributed by atoms with van der Waals surface area (Å²) < 4.78 is 4.32. The van der Waals surface area contributed by atoms with Crippen LogP contribution in [0, 0.1) is 11.8 Å². The van der Waals surface area contributed by atoms with E-state index in [-0.39, 0.29) is 6.54 Å². The van der Waals surface area contributed by atoms with Gasteiger partial charge in [-0.15, -0.1) is 0 Å². The van der Waals surface area contributed by atoms with E-state index in [2.05, 4.69) is 10.1 Å². The van der Waals surface area contributed by atoms with Crippen LogP contribution >= 0.6 is 0 Å². The van der Waals surface area contributed by atoms with Crippen LogP contribution in [0.2, 0.25) is 0 Å². The van der Waals surface area contributed by atoms with Crippen LogP contribution in [0.3, 0.4) is 0 Å². The summed E-state index contributed by atoms with van der Waals surface area (Å²) in [6.07, 6.45) is 0. The third kappa shape index (κ3) is 2.93. The van der Waals surface area contributed by atoms with Gasteiger partial charge < -0.3 is 15.2 Å². The van der Waals surface area contributed by atoms with Gasteiger partial charge in [0, 0.05) is 6.54 Å². The molecule has 1 heterocycles. The summed E-state index contributed by atoms with van der Waals surface area (Å²) in [6, 6.07) is 0. The molecule has 1 saturated heterocycles. The molecule has 0 radical (unpaired) electrons. The topological polar surface area (TPSA) is 92.7 Å². The van der Waals surface area contributed by atoms with Crippen LogP contribution < -0.4 is 5.32 Å². The molecule has 2 atom stereocenters. The number of methoxy groups -OCH3 is 1. The van der Waals surface area contributed by atoms with Gasteiger partial charge >= 0.3 is 11.9 Å². The molecule has 6 nitrogen and oxygen atoms in total. The molecule has 1 aliphatic rings. The zero-order chi connectivity index (χ0) is 12.0. The van der Waals surface area contributed by atoms with Crippen LogP contribution in [0.5, 0.6) is 0 Å². The Morgan fingerprint density at radius 1 is 1.47 bits per heavy atom. The predicted octanol–water partition coefficient (Wildman–Crippen LogP) is -0.368. The fraction of sp³-hybridized carbons (Fsp3) is 0.667. The maximum atomic E-state index is 11.0. The first-order valence-corrected chi connectivity index (χ1v) is 4.66. The Morgan fingerprint density at radius 3 is 2.40 bits per heavy atom. The van der Waals surface area contributed by atoms with Crippen molar-refractivity contribution in [3.8, 4) is 0 Å². The maximum Gasteiger partial charge on any atom is 0.319 e. The molecule has 2 N–H and O–H groups in total. The van der Waals surface area contributed by atoms with Crippen molar-refractivity contribution in [3.05, 3.63) is 0 Å². The van der Waals surface area contributed by atoms with Gasteiger partial charge in [-0.25, -0.2) is 0 Å². The summed E-state index contributed by atoms with van der Waals surface area (Å²) in [7, 11) is 1.12. The van der Waals surface area contributed by atoms with E-state index in [9.17, 15) is 14.4 Å². The molecule has 6 heteroatoms. The summed E-state index contributed by atoms with van der Waals surface area (Å²) in [5, 5.41) is 10.9. The van der Waals surface area contributed by atoms with Crippen molar-refractivity contribution in [1.29, 1.82) is 0 Å². The van der Waals surface area contributed by atoms with Gasteiger partial charge in [0.05, 0.1) is 13.0 Å². The Balaban J connectivity index is 0.000000921. The third-order valence-corrected chi connectivity index (χ3v) is 1.95. The molecule has 0 aromatic carbocycles. The van der Waals surface area contributed by atoms with Crippen molar-refractivity contribution in [2.45, 2.75) is 13.8 Å². The van der Waals surface area contributed by atoms with Crippen LogP contribution in [0.25, 0.3) is 0 Å². The Kier molecular flexibility index (Phi) is 5.36. The average molecular weight is 217 g/mol.